The standard InChI is InChI=1S/C22H16N6OS/c1-28-20(9-11-24-28)18-12-15(14-6-2-3-7-16(14)25-18)21(29)27-22-26-19(13-30-22)17-8-4-5-10-23-17/h2-13H,1H3,(H,26,27,29). The third kappa shape index (κ3) is 3.33. The van der Waals surface area contributed by atoms with Crippen LogP contribution in [0.15, 0.2) is 72.4 Å². The summed E-state index contributed by atoms with van der Waals surface area (Å²) in [5, 5.41) is 10.3. The maximum atomic E-state index is 13.2. The molecule has 1 amide bonds. The van der Waals surface area contributed by atoms with E-state index in [1.54, 1.807) is 23.1 Å². The minimum atomic E-state index is -0.237. The van der Waals surface area contributed by atoms with E-state index < -0.39 is 0 Å². The molecule has 0 aliphatic heterocycles. The van der Waals surface area contributed by atoms with Gasteiger partial charge in [-0.2, -0.15) is 5.10 Å². The summed E-state index contributed by atoms with van der Waals surface area (Å²) in [5.74, 6) is -0.237. The van der Waals surface area contributed by atoms with Crippen LogP contribution in [0.5, 0.6) is 0 Å². The van der Waals surface area contributed by atoms with Crippen LogP contribution in [-0.2, 0) is 7.05 Å². The first kappa shape index (κ1) is 18.1. The Kier molecular flexibility index (Phi) is 4.53. The predicted molar refractivity (Wildman–Crippen MR) is 117 cm³/mol. The largest absolute Gasteiger partial charge is 0.298 e. The van der Waals surface area contributed by atoms with Crippen LogP contribution in [0.4, 0.5) is 5.13 Å². The SMILES string of the molecule is Cn1nccc1-c1cc(C(=O)Nc2nc(-c3ccccn3)cs2)c2ccccc2n1. The number of hydrogen-bond acceptors (Lipinski definition) is 6. The third-order valence-electron chi connectivity index (χ3n) is 4.70. The number of nitrogens with one attached hydrogen (secondary N) is 1. The molecule has 1 aromatic carbocycles. The number of aromatic nitrogens is 5. The number of carbonyl (C=O) groups excluding carboxylic acids is 1. The zero-order chi connectivity index (χ0) is 20.5. The first-order chi connectivity index (χ1) is 14.7. The molecule has 7 nitrogen and oxygen atoms in total. The van der Waals surface area contributed by atoms with E-state index >= 15 is 0 Å². The molecule has 0 aliphatic carbocycles. The van der Waals surface area contributed by atoms with Crippen LogP contribution in [-0.4, -0.2) is 30.6 Å². The first-order valence-electron chi connectivity index (χ1n) is 9.25. The van der Waals surface area contributed by atoms with Crippen LogP contribution in [0.25, 0.3) is 33.7 Å². The summed E-state index contributed by atoms with van der Waals surface area (Å²) in [5.41, 5.74) is 4.29. The lowest BCUT2D eigenvalue weighted by Gasteiger charge is -2.09. The Balaban J connectivity index is 1.52. The van der Waals surface area contributed by atoms with Crippen molar-refractivity contribution in [2.45, 2.75) is 0 Å². The molecular weight excluding hydrogens is 396 g/mol. The summed E-state index contributed by atoms with van der Waals surface area (Å²) in [6, 6.07) is 16.9. The molecule has 146 valence electrons. The minimum absolute atomic E-state index is 0.237. The number of fused-ring (bicyclic) bond motifs is 1. The van der Waals surface area contributed by atoms with Crippen LogP contribution in [0.3, 0.4) is 0 Å². The fraction of sp³-hybridized carbons (Fsp3) is 0.0455. The van der Waals surface area contributed by atoms with E-state index in [1.807, 2.05) is 61.0 Å². The molecule has 0 atom stereocenters. The Hall–Kier alpha value is -3.91. The van der Waals surface area contributed by atoms with E-state index in [0.29, 0.717) is 16.4 Å². The molecule has 1 N–H and O–H groups in total. The van der Waals surface area contributed by atoms with Crippen LogP contribution < -0.4 is 5.32 Å². The summed E-state index contributed by atoms with van der Waals surface area (Å²) in [7, 11) is 1.85. The second-order valence-corrected chi connectivity index (χ2v) is 7.48. The van der Waals surface area contributed by atoms with E-state index in [4.69, 9.17) is 4.98 Å². The molecule has 8 heteroatoms. The Morgan fingerprint density at radius 1 is 0.967 bits per heavy atom. The fourth-order valence-electron chi connectivity index (χ4n) is 3.25. The monoisotopic (exact) mass is 412 g/mol. The van der Waals surface area contributed by atoms with Gasteiger partial charge in [0.25, 0.3) is 5.91 Å². The van der Waals surface area contributed by atoms with Crippen LogP contribution in [0.2, 0.25) is 0 Å². The molecule has 0 bridgehead atoms. The summed E-state index contributed by atoms with van der Waals surface area (Å²) in [6.07, 6.45) is 3.43. The highest BCUT2D eigenvalue weighted by molar-refractivity contribution is 7.14. The molecule has 5 rings (SSSR count). The fourth-order valence-corrected chi connectivity index (χ4v) is 3.95. The first-order valence-corrected chi connectivity index (χ1v) is 10.1. The number of anilines is 1. The van der Waals surface area contributed by atoms with Crippen molar-refractivity contribution in [3.05, 3.63) is 77.9 Å². The number of pyridine rings is 2. The van der Waals surface area contributed by atoms with Gasteiger partial charge >= 0.3 is 0 Å². The Bertz CT molecular complexity index is 1360. The molecular formula is C22H16N6OS. The Morgan fingerprint density at radius 2 is 1.83 bits per heavy atom. The normalized spacial score (nSPS) is 11.0. The van der Waals surface area contributed by atoms with Crippen LogP contribution in [0, 0.1) is 0 Å². The average molecular weight is 412 g/mol. The van der Waals surface area contributed by atoms with Gasteiger partial charge in [0.15, 0.2) is 5.13 Å². The lowest BCUT2D eigenvalue weighted by molar-refractivity contribution is 0.102. The van der Waals surface area contributed by atoms with Crippen molar-refractivity contribution in [1.82, 2.24) is 24.7 Å². The third-order valence-corrected chi connectivity index (χ3v) is 5.45. The zero-order valence-corrected chi connectivity index (χ0v) is 16.8. The highest BCUT2D eigenvalue weighted by Crippen LogP contribution is 2.27. The summed E-state index contributed by atoms with van der Waals surface area (Å²) in [4.78, 5) is 26.7. The van der Waals surface area contributed by atoms with Crippen molar-refractivity contribution in [1.29, 1.82) is 0 Å². The molecule has 0 radical (unpaired) electrons. The molecule has 0 fully saturated rings. The van der Waals surface area contributed by atoms with Crippen molar-refractivity contribution >= 4 is 33.3 Å². The van der Waals surface area contributed by atoms with E-state index in [0.717, 1.165) is 28.0 Å². The molecule has 5 aromatic rings. The highest BCUT2D eigenvalue weighted by atomic mass is 32.1. The molecule has 30 heavy (non-hydrogen) atoms. The smallest absolute Gasteiger partial charge is 0.258 e. The van der Waals surface area contributed by atoms with Gasteiger partial charge in [-0.25, -0.2) is 9.97 Å². The van der Waals surface area contributed by atoms with E-state index in [-0.39, 0.29) is 5.91 Å². The molecule has 4 aromatic heterocycles. The van der Waals surface area contributed by atoms with Gasteiger partial charge in [-0.1, -0.05) is 24.3 Å². The number of benzene rings is 1. The lowest BCUT2D eigenvalue weighted by Crippen LogP contribution is -2.13. The van der Waals surface area contributed by atoms with Crippen molar-refractivity contribution in [3.63, 3.8) is 0 Å². The average Bonchev–Trinajstić information content (AvgIpc) is 3.42. The highest BCUT2D eigenvalue weighted by Gasteiger charge is 2.17. The second kappa shape index (κ2) is 7.49. The maximum absolute atomic E-state index is 13.2. The Morgan fingerprint density at radius 3 is 2.63 bits per heavy atom. The van der Waals surface area contributed by atoms with Gasteiger partial charge in [-0.3, -0.25) is 19.8 Å². The number of aryl methyl sites for hydroxylation is 1. The predicted octanol–water partition coefficient (Wildman–Crippen LogP) is 4.41. The molecule has 0 saturated heterocycles. The summed E-state index contributed by atoms with van der Waals surface area (Å²) >= 11 is 1.36. The number of para-hydroxylation sites is 1. The van der Waals surface area contributed by atoms with Gasteiger partial charge in [0.1, 0.15) is 5.69 Å². The maximum Gasteiger partial charge on any atom is 0.258 e. The minimum Gasteiger partial charge on any atom is -0.298 e. The zero-order valence-electron chi connectivity index (χ0n) is 16.0. The van der Waals surface area contributed by atoms with Crippen molar-refractivity contribution < 1.29 is 4.79 Å². The number of thiazole rings is 1. The van der Waals surface area contributed by atoms with Crippen LogP contribution >= 0.6 is 11.3 Å². The topological polar surface area (TPSA) is 85.6 Å². The van der Waals surface area contributed by atoms with Gasteiger partial charge in [-0.05, 0) is 30.3 Å². The number of carbonyl (C=O) groups is 1. The quantitative estimate of drug-likeness (QED) is 0.473. The van der Waals surface area contributed by atoms with Crippen molar-refractivity contribution in [3.8, 4) is 22.8 Å². The molecule has 0 aliphatic rings. The molecule has 4 heterocycles. The summed E-state index contributed by atoms with van der Waals surface area (Å²) < 4.78 is 1.73. The van der Waals surface area contributed by atoms with Crippen LogP contribution in [0.1, 0.15) is 10.4 Å². The number of hydrogen-bond donors (Lipinski definition) is 1. The molecule has 0 unspecified atom stereocenters. The Labute approximate surface area is 176 Å². The van der Waals surface area contributed by atoms with Gasteiger partial charge in [0.05, 0.1) is 28.2 Å². The summed E-state index contributed by atoms with van der Waals surface area (Å²) in [6.45, 7) is 0. The van der Waals surface area contributed by atoms with Gasteiger partial charge < -0.3 is 0 Å². The van der Waals surface area contributed by atoms with E-state index in [2.05, 4.69) is 20.4 Å². The van der Waals surface area contributed by atoms with Gasteiger partial charge in [-0.15, -0.1) is 11.3 Å². The van der Waals surface area contributed by atoms with E-state index in [1.165, 1.54) is 11.3 Å². The van der Waals surface area contributed by atoms with Crippen molar-refractivity contribution in [2.75, 3.05) is 5.32 Å². The molecule has 0 saturated carbocycles. The molecule has 0 spiro atoms. The second-order valence-electron chi connectivity index (χ2n) is 6.62. The van der Waals surface area contributed by atoms with Gasteiger partial charge in [0, 0.05) is 30.2 Å². The van der Waals surface area contributed by atoms with Crippen molar-refractivity contribution in [2.24, 2.45) is 7.05 Å². The number of amides is 1. The lowest BCUT2D eigenvalue weighted by atomic mass is 10.1. The number of nitrogens with zero attached hydrogens (tertiary/aromatic N) is 5. The number of rotatable bonds is 4. The van der Waals surface area contributed by atoms with E-state index in [9.17, 15) is 4.79 Å². The van der Waals surface area contributed by atoms with Gasteiger partial charge in [0.2, 0.25) is 0 Å².